The van der Waals surface area contributed by atoms with Gasteiger partial charge in [-0.1, -0.05) is 27.7 Å². The lowest BCUT2D eigenvalue weighted by Crippen LogP contribution is -2.58. The Labute approximate surface area is 183 Å². The van der Waals surface area contributed by atoms with Gasteiger partial charge in [-0.3, -0.25) is 14.4 Å². The van der Waals surface area contributed by atoms with E-state index in [0.717, 1.165) is 0 Å². The van der Waals surface area contributed by atoms with E-state index >= 15 is 0 Å². The van der Waals surface area contributed by atoms with Crippen LogP contribution in [-0.4, -0.2) is 64.5 Å². The van der Waals surface area contributed by atoms with Gasteiger partial charge < -0.3 is 26.8 Å². The van der Waals surface area contributed by atoms with Gasteiger partial charge in [-0.05, 0) is 24.7 Å². The van der Waals surface area contributed by atoms with Gasteiger partial charge in [-0.2, -0.15) is 25.3 Å². The van der Waals surface area contributed by atoms with E-state index in [1.54, 1.807) is 0 Å². The molecule has 0 aromatic heterocycles. The summed E-state index contributed by atoms with van der Waals surface area (Å²) in [5, 5.41) is 16.5. The molecule has 0 aromatic carbocycles. The van der Waals surface area contributed by atoms with Gasteiger partial charge in [0, 0.05) is 11.5 Å². The van der Waals surface area contributed by atoms with Gasteiger partial charge in [0.15, 0.2) is 0 Å². The molecule has 0 rings (SSSR count). The third-order valence-corrected chi connectivity index (χ3v) is 4.75. The number of rotatable bonds is 13. The second-order valence-corrected chi connectivity index (χ2v) is 8.48. The molecule has 0 bridgehead atoms. The van der Waals surface area contributed by atoms with Gasteiger partial charge >= 0.3 is 5.97 Å². The van der Waals surface area contributed by atoms with Crippen molar-refractivity contribution >= 4 is 48.9 Å². The molecule has 11 heteroatoms. The minimum atomic E-state index is -1.23. The standard InChI is InChI=1S/C18H34N4O5S2/c1-9(2)5-11(19)15(23)20-12(6-10(3)4)16(24)21-13(7-28)17(25)22-14(8-29)18(26)27/h9-14,28-29H,5-8,19H2,1-4H3,(H,20,23)(H,21,24)(H,22,25)(H,26,27). The molecule has 9 nitrogen and oxygen atoms in total. The van der Waals surface area contributed by atoms with E-state index < -0.39 is 47.9 Å². The van der Waals surface area contributed by atoms with Gasteiger partial charge in [0.2, 0.25) is 17.7 Å². The maximum atomic E-state index is 12.7. The number of nitrogens with one attached hydrogen (secondary N) is 3. The number of carbonyl (C=O) groups is 4. The zero-order valence-electron chi connectivity index (χ0n) is 17.3. The quantitative estimate of drug-likeness (QED) is 0.193. The van der Waals surface area contributed by atoms with Crippen LogP contribution in [0.1, 0.15) is 40.5 Å². The molecule has 4 atom stereocenters. The molecule has 0 saturated carbocycles. The fourth-order valence-electron chi connectivity index (χ4n) is 2.52. The Kier molecular flexibility index (Phi) is 13.0. The van der Waals surface area contributed by atoms with Crippen molar-refractivity contribution < 1.29 is 24.3 Å². The van der Waals surface area contributed by atoms with Crippen LogP contribution < -0.4 is 21.7 Å². The summed E-state index contributed by atoms with van der Waals surface area (Å²) in [6.45, 7) is 7.67. The van der Waals surface area contributed by atoms with Crippen LogP contribution in [0, 0.1) is 11.8 Å². The van der Waals surface area contributed by atoms with Crippen molar-refractivity contribution in [1.29, 1.82) is 0 Å². The number of amides is 3. The van der Waals surface area contributed by atoms with Gasteiger partial charge in [0.05, 0.1) is 6.04 Å². The number of hydrogen-bond donors (Lipinski definition) is 7. The lowest BCUT2D eigenvalue weighted by atomic mass is 10.0. The summed E-state index contributed by atoms with van der Waals surface area (Å²) >= 11 is 7.95. The van der Waals surface area contributed by atoms with E-state index in [0.29, 0.717) is 12.8 Å². The van der Waals surface area contributed by atoms with Gasteiger partial charge in [-0.15, -0.1) is 0 Å². The third-order valence-electron chi connectivity index (χ3n) is 4.01. The third kappa shape index (κ3) is 10.8. The average Bonchev–Trinajstić information content (AvgIpc) is 2.61. The van der Waals surface area contributed by atoms with Gasteiger partial charge in [0.25, 0.3) is 0 Å². The fourth-order valence-corrected chi connectivity index (χ4v) is 3.03. The first-order valence-corrected chi connectivity index (χ1v) is 10.8. The second-order valence-electron chi connectivity index (χ2n) is 7.75. The van der Waals surface area contributed by atoms with Crippen LogP contribution in [0.25, 0.3) is 0 Å². The molecule has 168 valence electrons. The van der Waals surface area contributed by atoms with E-state index in [-0.39, 0.29) is 23.3 Å². The van der Waals surface area contributed by atoms with Crippen LogP contribution in [0.15, 0.2) is 0 Å². The molecule has 0 aliphatic rings. The number of carboxylic acid groups (broad SMARTS) is 1. The van der Waals surface area contributed by atoms with Gasteiger partial charge in [0.1, 0.15) is 18.1 Å². The summed E-state index contributed by atoms with van der Waals surface area (Å²) in [5.74, 6) is -2.76. The molecular formula is C18H34N4O5S2. The van der Waals surface area contributed by atoms with Crippen molar-refractivity contribution in [2.24, 2.45) is 17.6 Å². The molecule has 0 saturated heterocycles. The minimum Gasteiger partial charge on any atom is -0.480 e. The molecule has 0 heterocycles. The Balaban J connectivity index is 5.15. The lowest BCUT2D eigenvalue weighted by molar-refractivity contribution is -0.141. The Hall–Kier alpha value is -1.46. The molecule has 4 unspecified atom stereocenters. The zero-order valence-corrected chi connectivity index (χ0v) is 19.1. The smallest absolute Gasteiger partial charge is 0.327 e. The van der Waals surface area contributed by atoms with Crippen molar-refractivity contribution in [3.8, 4) is 0 Å². The summed E-state index contributed by atoms with van der Waals surface area (Å²) in [6, 6.07) is -3.88. The topological polar surface area (TPSA) is 151 Å². The Morgan fingerprint density at radius 1 is 0.759 bits per heavy atom. The summed E-state index contributed by atoms with van der Waals surface area (Å²) in [4.78, 5) is 48.4. The number of thiol groups is 2. The van der Waals surface area contributed by atoms with Crippen LogP contribution in [0.4, 0.5) is 0 Å². The first-order valence-electron chi connectivity index (χ1n) is 9.54. The van der Waals surface area contributed by atoms with Crippen molar-refractivity contribution in [2.75, 3.05) is 11.5 Å². The Bertz CT molecular complexity index is 574. The minimum absolute atomic E-state index is 0.0499. The number of aliphatic carboxylic acids is 1. The van der Waals surface area contributed by atoms with Crippen LogP contribution in [0.2, 0.25) is 0 Å². The van der Waals surface area contributed by atoms with Crippen molar-refractivity contribution in [3.05, 3.63) is 0 Å². The van der Waals surface area contributed by atoms with E-state index in [4.69, 9.17) is 10.8 Å². The molecule has 0 aliphatic heterocycles. The Morgan fingerprint density at radius 3 is 1.59 bits per heavy atom. The molecular weight excluding hydrogens is 416 g/mol. The highest BCUT2D eigenvalue weighted by Crippen LogP contribution is 2.08. The maximum absolute atomic E-state index is 12.7. The van der Waals surface area contributed by atoms with Crippen molar-refractivity contribution in [1.82, 2.24) is 16.0 Å². The molecule has 0 fully saturated rings. The highest BCUT2D eigenvalue weighted by atomic mass is 32.1. The maximum Gasteiger partial charge on any atom is 0.327 e. The summed E-state index contributed by atoms with van der Waals surface area (Å²) in [5.41, 5.74) is 5.89. The first kappa shape index (κ1) is 27.5. The van der Waals surface area contributed by atoms with E-state index in [1.807, 2.05) is 27.7 Å². The SMILES string of the molecule is CC(C)CC(N)C(=O)NC(CC(C)C)C(=O)NC(CS)C(=O)NC(CS)C(=O)O. The first-order chi connectivity index (χ1) is 13.4. The van der Waals surface area contributed by atoms with Crippen molar-refractivity contribution in [2.45, 2.75) is 64.7 Å². The molecule has 0 spiro atoms. The second kappa shape index (κ2) is 13.7. The average molecular weight is 451 g/mol. The highest BCUT2D eigenvalue weighted by molar-refractivity contribution is 7.80. The van der Waals surface area contributed by atoms with E-state index in [1.165, 1.54) is 0 Å². The molecule has 6 N–H and O–H groups in total. The van der Waals surface area contributed by atoms with Crippen LogP contribution in [0.5, 0.6) is 0 Å². The zero-order chi connectivity index (χ0) is 22.7. The van der Waals surface area contributed by atoms with Gasteiger partial charge in [-0.25, -0.2) is 4.79 Å². The number of carbonyl (C=O) groups excluding carboxylic acids is 3. The molecule has 0 radical (unpaired) electrons. The normalized spacial score (nSPS) is 15.3. The van der Waals surface area contributed by atoms with Crippen LogP contribution in [0.3, 0.4) is 0 Å². The number of nitrogens with two attached hydrogens (primary N) is 1. The number of hydrogen-bond acceptors (Lipinski definition) is 7. The highest BCUT2D eigenvalue weighted by Gasteiger charge is 2.29. The largest absolute Gasteiger partial charge is 0.480 e. The summed E-state index contributed by atoms with van der Waals surface area (Å²) in [7, 11) is 0. The predicted octanol–water partition coefficient (Wildman–Crippen LogP) is -0.195. The molecule has 29 heavy (non-hydrogen) atoms. The Morgan fingerprint density at radius 2 is 1.17 bits per heavy atom. The fraction of sp³-hybridized carbons (Fsp3) is 0.778. The van der Waals surface area contributed by atoms with E-state index in [9.17, 15) is 19.2 Å². The molecule has 0 aliphatic carbocycles. The van der Waals surface area contributed by atoms with Crippen LogP contribution >= 0.6 is 25.3 Å². The monoisotopic (exact) mass is 450 g/mol. The summed E-state index contributed by atoms with van der Waals surface area (Å²) in [6.07, 6.45) is 0.825. The molecule has 3 amide bonds. The predicted molar refractivity (Wildman–Crippen MR) is 118 cm³/mol. The van der Waals surface area contributed by atoms with E-state index in [2.05, 4.69) is 41.2 Å². The summed E-state index contributed by atoms with van der Waals surface area (Å²) < 4.78 is 0. The van der Waals surface area contributed by atoms with Crippen LogP contribution in [-0.2, 0) is 19.2 Å². The van der Waals surface area contributed by atoms with Crippen molar-refractivity contribution in [3.63, 3.8) is 0 Å². The lowest BCUT2D eigenvalue weighted by Gasteiger charge is -2.25. The molecule has 0 aromatic rings. The number of carboxylic acids is 1.